The highest BCUT2D eigenvalue weighted by Gasteiger charge is 2.59. The maximum Gasteiger partial charge on any atom is 0.342 e. The summed E-state index contributed by atoms with van der Waals surface area (Å²) >= 11 is 6.26. The number of halogens is 1. The van der Waals surface area contributed by atoms with E-state index in [0.717, 1.165) is 24.7 Å². The summed E-state index contributed by atoms with van der Waals surface area (Å²) in [5.74, 6) is -0.236. The Morgan fingerprint density at radius 2 is 2.00 bits per heavy atom. The maximum atomic E-state index is 12.9. The van der Waals surface area contributed by atoms with Crippen molar-refractivity contribution in [2.45, 2.75) is 53.1 Å². The highest BCUT2D eigenvalue weighted by Crippen LogP contribution is 2.64. The lowest BCUT2D eigenvalue weighted by molar-refractivity contribution is -0.105. The maximum absolute atomic E-state index is 12.9. The molecule has 3 atom stereocenters. The van der Waals surface area contributed by atoms with Gasteiger partial charge in [-0.1, -0.05) is 44.0 Å². The molecule has 0 heterocycles. The number of methoxy groups -OCH3 is 1. The molecule has 5 nitrogen and oxygen atoms in total. The molecule has 3 aliphatic carbocycles. The first-order chi connectivity index (χ1) is 14.0. The van der Waals surface area contributed by atoms with Gasteiger partial charge in [0.15, 0.2) is 0 Å². The molecule has 0 saturated heterocycles. The summed E-state index contributed by atoms with van der Waals surface area (Å²) in [6.07, 6.45) is 5.09. The zero-order chi connectivity index (χ0) is 22.0. The lowest BCUT2D eigenvalue weighted by atomic mass is 9.52. The largest absolute Gasteiger partial charge is 0.507 e. The predicted octanol–water partition coefficient (Wildman–Crippen LogP) is 5.17. The van der Waals surface area contributed by atoms with Gasteiger partial charge < -0.3 is 14.6 Å². The van der Waals surface area contributed by atoms with Crippen LogP contribution in [0.3, 0.4) is 0 Å². The van der Waals surface area contributed by atoms with Gasteiger partial charge in [0.2, 0.25) is 0 Å². The molecule has 4 rings (SSSR count). The lowest BCUT2D eigenvalue weighted by Crippen LogP contribution is -2.51. The van der Waals surface area contributed by atoms with Gasteiger partial charge in [0.1, 0.15) is 29.5 Å². The Bertz CT molecular complexity index is 1020. The van der Waals surface area contributed by atoms with Gasteiger partial charge in [-0.2, -0.15) is 0 Å². The fraction of sp³-hybridized carbons (Fsp3) is 0.500. The molecule has 160 valence electrons. The Morgan fingerprint density at radius 1 is 1.30 bits per heavy atom. The Hall–Kier alpha value is -2.27. The van der Waals surface area contributed by atoms with Crippen LogP contribution in [0.1, 0.15) is 56.0 Å². The number of phenolic OH excluding ortho intramolecular Hbond substituents is 1. The number of fused-ring (bicyclic) bond motifs is 3. The summed E-state index contributed by atoms with van der Waals surface area (Å²) < 4.78 is 10.9. The van der Waals surface area contributed by atoms with Crippen molar-refractivity contribution in [3.05, 3.63) is 45.0 Å². The summed E-state index contributed by atoms with van der Waals surface area (Å²) in [4.78, 5) is 24.8. The Kier molecular flexibility index (Phi) is 4.81. The molecule has 30 heavy (non-hydrogen) atoms. The molecule has 1 N–H and O–H groups in total. The van der Waals surface area contributed by atoms with E-state index in [2.05, 4.69) is 20.8 Å². The third-order valence-corrected chi connectivity index (χ3v) is 7.57. The molecule has 0 bridgehead atoms. The van der Waals surface area contributed by atoms with Crippen molar-refractivity contribution in [2.24, 2.45) is 16.7 Å². The predicted molar refractivity (Wildman–Crippen MR) is 114 cm³/mol. The van der Waals surface area contributed by atoms with Crippen molar-refractivity contribution >= 4 is 23.9 Å². The number of hydrogen-bond donors (Lipinski definition) is 1. The monoisotopic (exact) mass is 430 g/mol. The van der Waals surface area contributed by atoms with E-state index in [1.54, 1.807) is 6.92 Å². The molecule has 1 aromatic carbocycles. The minimum Gasteiger partial charge on any atom is -0.507 e. The first-order valence-corrected chi connectivity index (χ1v) is 10.6. The zero-order valence-electron chi connectivity index (χ0n) is 18.0. The number of hydrogen-bond acceptors (Lipinski definition) is 5. The summed E-state index contributed by atoms with van der Waals surface area (Å²) in [5, 5.41) is 10.6. The minimum atomic E-state index is -0.652. The molecule has 3 aliphatic rings. The van der Waals surface area contributed by atoms with Crippen LogP contribution in [0.25, 0.3) is 0 Å². The number of ether oxygens (including phenoxy) is 2. The molecule has 1 aromatic rings. The number of aromatic hydroxyl groups is 1. The number of phenols is 1. The summed E-state index contributed by atoms with van der Waals surface area (Å²) in [6, 6.07) is 1.31. The Labute approximate surface area is 181 Å². The Balaban J connectivity index is 1.64. The standard InChI is InChI=1S/C24H27ClO5/c1-12-19(16(27)7-17(29-5)21(12)25)22(28)30-18-10-24(4)15-9-23(2,3)8-13(15)6-14(11-26)20(18)24/h6-7,11,15,18,27H,8-10H2,1-5H3. The van der Waals surface area contributed by atoms with E-state index in [1.165, 1.54) is 18.7 Å². The molecule has 6 heteroatoms. The average Bonchev–Trinajstić information content (AvgIpc) is 2.97. The average molecular weight is 431 g/mol. The van der Waals surface area contributed by atoms with Crippen LogP contribution in [-0.2, 0) is 9.53 Å². The summed E-state index contributed by atoms with van der Waals surface area (Å²) in [6.45, 7) is 8.32. The van der Waals surface area contributed by atoms with Gasteiger partial charge in [-0.15, -0.1) is 0 Å². The zero-order valence-corrected chi connectivity index (χ0v) is 18.7. The van der Waals surface area contributed by atoms with Crippen LogP contribution in [0.2, 0.25) is 5.02 Å². The van der Waals surface area contributed by atoms with E-state index < -0.39 is 12.1 Å². The number of carbonyl (C=O) groups excluding carboxylic acids is 2. The second-order valence-corrected chi connectivity index (χ2v) is 10.1. The van der Waals surface area contributed by atoms with Gasteiger partial charge in [-0.05, 0) is 48.7 Å². The smallest absolute Gasteiger partial charge is 0.342 e. The fourth-order valence-electron chi connectivity index (χ4n) is 5.71. The molecule has 0 aromatic heterocycles. The molecule has 0 amide bonds. The van der Waals surface area contributed by atoms with Crippen LogP contribution in [0.15, 0.2) is 28.9 Å². The van der Waals surface area contributed by atoms with Crippen molar-refractivity contribution in [1.29, 1.82) is 0 Å². The first-order valence-electron chi connectivity index (χ1n) is 10.2. The van der Waals surface area contributed by atoms with E-state index in [9.17, 15) is 14.7 Å². The number of rotatable bonds is 4. The molecule has 2 saturated carbocycles. The molecule has 2 fully saturated rings. The summed E-state index contributed by atoms with van der Waals surface area (Å²) in [5.41, 5.74) is 3.30. The van der Waals surface area contributed by atoms with Crippen molar-refractivity contribution in [2.75, 3.05) is 7.11 Å². The van der Waals surface area contributed by atoms with Gasteiger partial charge in [-0.3, -0.25) is 4.79 Å². The van der Waals surface area contributed by atoms with E-state index in [1.807, 2.05) is 6.08 Å². The van der Waals surface area contributed by atoms with E-state index in [4.69, 9.17) is 21.1 Å². The Morgan fingerprint density at radius 3 is 2.63 bits per heavy atom. The van der Waals surface area contributed by atoms with Gasteiger partial charge in [0.05, 0.1) is 12.1 Å². The SMILES string of the molecule is COc1cc(O)c(C(=O)OC2CC3(C)C2=C(C=O)C=C2CC(C)(C)CC23)c(C)c1Cl. The van der Waals surface area contributed by atoms with Crippen LogP contribution in [0.4, 0.5) is 0 Å². The highest BCUT2D eigenvalue weighted by atomic mass is 35.5. The number of carbonyl (C=O) groups is 2. The number of allylic oxidation sites excluding steroid dienone is 3. The van der Waals surface area contributed by atoms with Gasteiger partial charge in [0.25, 0.3) is 0 Å². The number of aldehydes is 1. The number of benzene rings is 1. The van der Waals surface area contributed by atoms with Gasteiger partial charge >= 0.3 is 5.97 Å². The van der Waals surface area contributed by atoms with Crippen molar-refractivity contribution < 1.29 is 24.2 Å². The highest BCUT2D eigenvalue weighted by molar-refractivity contribution is 6.33. The molecule has 0 aliphatic heterocycles. The van der Waals surface area contributed by atoms with Crippen LogP contribution >= 0.6 is 11.6 Å². The van der Waals surface area contributed by atoms with Crippen molar-refractivity contribution in [3.8, 4) is 11.5 Å². The lowest BCUT2D eigenvalue weighted by Gasteiger charge is -2.54. The van der Waals surface area contributed by atoms with Crippen LogP contribution < -0.4 is 4.74 Å². The van der Waals surface area contributed by atoms with Crippen LogP contribution in [-0.4, -0.2) is 30.6 Å². The summed E-state index contributed by atoms with van der Waals surface area (Å²) in [7, 11) is 1.44. The van der Waals surface area contributed by atoms with E-state index >= 15 is 0 Å². The molecule has 0 radical (unpaired) electrons. The van der Waals surface area contributed by atoms with Crippen LogP contribution in [0, 0.1) is 23.7 Å². The topological polar surface area (TPSA) is 72.8 Å². The third kappa shape index (κ3) is 2.97. The van der Waals surface area contributed by atoms with Crippen LogP contribution in [0.5, 0.6) is 11.5 Å². The second kappa shape index (κ2) is 6.88. The van der Waals surface area contributed by atoms with Gasteiger partial charge in [-0.25, -0.2) is 4.79 Å². The molecular formula is C24H27ClO5. The third-order valence-electron chi connectivity index (χ3n) is 7.10. The minimum absolute atomic E-state index is 0.0247. The van der Waals surface area contributed by atoms with E-state index in [-0.39, 0.29) is 27.2 Å². The molecule has 0 spiro atoms. The first kappa shape index (κ1) is 21.0. The number of esters is 1. The van der Waals surface area contributed by atoms with Gasteiger partial charge in [0, 0.05) is 17.1 Å². The quantitative estimate of drug-likeness (QED) is 0.527. The fourth-order valence-corrected chi connectivity index (χ4v) is 5.94. The molecule has 3 unspecified atom stereocenters. The van der Waals surface area contributed by atoms with Crippen molar-refractivity contribution in [1.82, 2.24) is 0 Å². The van der Waals surface area contributed by atoms with E-state index in [0.29, 0.717) is 29.2 Å². The molecular weight excluding hydrogens is 404 g/mol. The normalized spacial score (nSPS) is 28.8. The second-order valence-electron chi connectivity index (χ2n) is 9.73. The van der Waals surface area contributed by atoms with Crippen molar-refractivity contribution in [3.63, 3.8) is 0 Å².